The number of hydrogen-bond acceptors (Lipinski definition) is 4. The summed E-state index contributed by atoms with van der Waals surface area (Å²) in [6.07, 6.45) is 1.23. The Morgan fingerprint density at radius 3 is 2.84 bits per heavy atom. The fourth-order valence-corrected chi connectivity index (χ4v) is 2.09. The summed E-state index contributed by atoms with van der Waals surface area (Å²) in [6, 6.07) is 7.37. The Morgan fingerprint density at radius 1 is 1.42 bits per heavy atom. The molecule has 0 bridgehead atoms. The maximum absolute atomic E-state index is 11.8. The molecule has 4 heteroatoms. The predicted molar refractivity (Wildman–Crippen MR) is 70.8 cm³/mol. The van der Waals surface area contributed by atoms with Crippen LogP contribution in [0.2, 0.25) is 0 Å². The van der Waals surface area contributed by atoms with E-state index in [0.29, 0.717) is 18.8 Å². The maximum atomic E-state index is 11.8. The lowest BCUT2D eigenvalue weighted by Gasteiger charge is -2.26. The minimum absolute atomic E-state index is 0.0469. The average molecular weight is 260 g/mol. The summed E-state index contributed by atoms with van der Waals surface area (Å²) < 4.78 is 10.6. The Labute approximate surface area is 112 Å². The minimum Gasteiger partial charge on any atom is -0.478 e. The molecular formula is C15H16O4. The zero-order valence-electron chi connectivity index (χ0n) is 11.0. The number of ether oxygens (including phenoxy) is 2. The van der Waals surface area contributed by atoms with Gasteiger partial charge in [0.05, 0.1) is 6.61 Å². The molecule has 1 aromatic carbocycles. The standard InChI is InChI=1S/C15H16O4/c1-3-18-15(17)14-9-11(8-10(2)16)12-6-4-5-7-13(12)19-14/h4-8,14H,3,9H2,1-2H3/b11-8+. The van der Waals surface area contributed by atoms with Gasteiger partial charge in [0.15, 0.2) is 11.9 Å². The highest BCUT2D eigenvalue weighted by molar-refractivity contribution is 5.97. The van der Waals surface area contributed by atoms with Crippen molar-refractivity contribution in [1.29, 1.82) is 0 Å². The molecule has 0 N–H and O–H groups in total. The van der Waals surface area contributed by atoms with Gasteiger partial charge in [0.25, 0.3) is 0 Å². The summed E-state index contributed by atoms with van der Waals surface area (Å²) >= 11 is 0. The van der Waals surface area contributed by atoms with Crippen LogP contribution in [0.5, 0.6) is 5.75 Å². The van der Waals surface area contributed by atoms with Crippen molar-refractivity contribution in [3.8, 4) is 5.75 Å². The summed E-state index contributed by atoms with van der Waals surface area (Å²) in [4.78, 5) is 23.1. The van der Waals surface area contributed by atoms with Crippen LogP contribution in [-0.4, -0.2) is 24.5 Å². The fourth-order valence-electron chi connectivity index (χ4n) is 2.09. The Morgan fingerprint density at radius 2 is 2.16 bits per heavy atom. The van der Waals surface area contributed by atoms with Gasteiger partial charge in [-0.1, -0.05) is 18.2 Å². The van der Waals surface area contributed by atoms with Crippen molar-refractivity contribution >= 4 is 17.3 Å². The largest absolute Gasteiger partial charge is 0.478 e. The lowest BCUT2D eigenvalue weighted by atomic mass is 9.95. The molecular weight excluding hydrogens is 244 g/mol. The molecule has 1 atom stereocenters. The normalized spacial score (nSPS) is 19.5. The van der Waals surface area contributed by atoms with Crippen LogP contribution in [0.15, 0.2) is 30.3 Å². The van der Waals surface area contributed by atoms with E-state index in [-0.39, 0.29) is 5.78 Å². The number of para-hydroxylation sites is 1. The molecule has 0 aromatic heterocycles. The van der Waals surface area contributed by atoms with E-state index in [1.54, 1.807) is 19.1 Å². The van der Waals surface area contributed by atoms with Gasteiger partial charge in [0.1, 0.15) is 5.75 Å². The quantitative estimate of drug-likeness (QED) is 0.618. The molecule has 0 spiro atoms. The van der Waals surface area contributed by atoms with Gasteiger partial charge in [-0.25, -0.2) is 4.79 Å². The molecule has 19 heavy (non-hydrogen) atoms. The van der Waals surface area contributed by atoms with Gasteiger partial charge in [-0.05, 0) is 31.6 Å². The Hall–Kier alpha value is -2.10. The first-order chi connectivity index (χ1) is 9.11. The van der Waals surface area contributed by atoms with Crippen molar-refractivity contribution in [1.82, 2.24) is 0 Å². The highest BCUT2D eigenvalue weighted by Crippen LogP contribution is 2.35. The van der Waals surface area contributed by atoms with E-state index in [1.165, 1.54) is 6.92 Å². The van der Waals surface area contributed by atoms with Crippen LogP contribution in [-0.2, 0) is 14.3 Å². The number of fused-ring (bicyclic) bond motifs is 1. The maximum Gasteiger partial charge on any atom is 0.347 e. The van der Waals surface area contributed by atoms with Crippen molar-refractivity contribution in [2.45, 2.75) is 26.4 Å². The number of allylic oxidation sites excluding steroid dienone is 1. The monoisotopic (exact) mass is 260 g/mol. The van der Waals surface area contributed by atoms with Crippen LogP contribution >= 0.6 is 0 Å². The first-order valence-electron chi connectivity index (χ1n) is 6.25. The molecule has 0 radical (unpaired) electrons. The molecule has 100 valence electrons. The van der Waals surface area contributed by atoms with Crippen LogP contribution in [0.3, 0.4) is 0 Å². The molecule has 1 aromatic rings. The number of hydrogen-bond donors (Lipinski definition) is 0. The van der Waals surface area contributed by atoms with Gasteiger partial charge in [0, 0.05) is 12.0 Å². The van der Waals surface area contributed by atoms with Crippen LogP contribution in [0.1, 0.15) is 25.8 Å². The van der Waals surface area contributed by atoms with Crippen LogP contribution in [0, 0.1) is 0 Å². The van der Waals surface area contributed by atoms with Gasteiger partial charge in [-0.2, -0.15) is 0 Å². The lowest BCUT2D eigenvalue weighted by Crippen LogP contribution is -2.32. The molecule has 1 unspecified atom stereocenters. The molecule has 4 nitrogen and oxygen atoms in total. The molecule has 0 amide bonds. The number of carbonyl (C=O) groups excluding carboxylic acids is 2. The van der Waals surface area contributed by atoms with Crippen LogP contribution in [0.25, 0.3) is 5.57 Å². The Balaban J connectivity index is 2.34. The summed E-state index contributed by atoms with van der Waals surface area (Å²) in [7, 11) is 0. The zero-order chi connectivity index (χ0) is 13.8. The van der Waals surface area contributed by atoms with Crippen LogP contribution < -0.4 is 4.74 Å². The molecule has 1 aliphatic rings. The van der Waals surface area contributed by atoms with Crippen molar-refractivity contribution in [2.24, 2.45) is 0 Å². The van der Waals surface area contributed by atoms with Crippen molar-refractivity contribution in [2.75, 3.05) is 6.61 Å². The first-order valence-corrected chi connectivity index (χ1v) is 6.25. The summed E-state index contributed by atoms with van der Waals surface area (Å²) in [5, 5.41) is 0. The number of carbonyl (C=O) groups is 2. The third kappa shape index (κ3) is 3.02. The molecule has 2 rings (SSSR count). The van der Waals surface area contributed by atoms with Gasteiger partial charge < -0.3 is 9.47 Å². The van der Waals surface area contributed by atoms with Crippen molar-refractivity contribution in [3.05, 3.63) is 35.9 Å². The van der Waals surface area contributed by atoms with E-state index in [1.807, 2.05) is 18.2 Å². The SMILES string of the molecule is CCOC(=O)C1C/C(=C\C(C)=O)c2ccccc2O1. The summed E-state index contributed by atoms with van der Waals surface area (Å²) in [5.41, 5.74) is 1.67. The number of rotatable bonds is 3. The third-order valence-electron chi connectivity index (χ3n) is 2.83. The molecule has 1 aliphatic heterocycles. The summed E-state index contributed by atoms with van der Waals surface area (Å²) in [6.45, 7) is 3.55. The topological polar surface area (TPSA) is 52.6 Å². The second-order valence-electron chi connectivity index (χ2n) is 4.34. The molecule has 0 aliphatic carbocycles. The van der Waals surface area contributed by atoms with Gasteiger partial charge >= 0.3 is 5.97 Å². The van der Waals surface area contributed by atoms with Crippen molar-refractivity contribution in [3.63, 3.8) is 0 Å². The van der Waals surface area contributed by atoms with E-state index < -0.39 is 12.1 Å². The highest BCUT2D eigenvalue weighted by atomic mass is 16.6. The fraction of sp³-hybridized carbons (Fsp3) is 0.333. The van der Waals surface area contributed by atoms with Crippen LogP contribution in [0.4, 0.5) is 0 Å². The molecule has 0 saturated carbocycles. The molecule has 1 heterocycles. The Bertz CT molecular complexity index is 531. The van der Waals surface area contributed by atoms with E-state index >= 15 is 0 Å². The predicted octanol–water partition coefficient (Wildman–Crippen LogP) is 2.37. The number of benzene rings is 1. The second-order valence-corrected chi connectivity index (χ2v) is 4.34. The van der Waals surface area contributed by atoms with E-state index in [2.05, 4.69) is 0 Å². The summed E-state index contributed by atoms with van der Waals surface area (Å²) in [5.74, 6) is 0.167. The van der Waals surface area contributed by atoms with E-state index in [9.17, 15) is 9.59 Å². The van der Waals surface area contributed by atoms with Crippen molar-refractivity contribution < 1.29 is 19.1 Å². The first kappa shape index (κ1) is 13.3. The number of esters is 1. The van der Waals surface area contributed by atoms with E-state index in [4.69, 9.17) is 9.47 Å². The Kier molecular flexibility index (Phi) is 4.00. The lowest BCUT2D eigenvalue weighted by molar-refractivity contribution is -0.151. The average Bonchev–Trinajstić information content (AvgIpc) is 2.38. The highest BCUT2D eigenvalue weighted by Gasteiger charge is 2.30. The number of ketones is 1. The smallest absolute Gasteiger partial charge is 0.347 e. The third-order valence-corrected chi connectivity index (χ3v) is 2.83. The van der Waals surface area contributed by atoms with E-state index in [0.717, 1.165) is 11.1 Å². The van der Waals surface area contributed by atoms with Gasteiger partial charge in [0.2, 0.25) is 0 Å². The second kappa shape index (κ2) is 5.69. The van der Waals surface area contributed by atoms with Gasteiger partial charge in [-0.15, -0.1) is 0 Å². The molecule has 0 saturated heterocycles. The molecule has 0 fully saturated rings. The minimum atomic E-state index is -0.680. The zero-order valence-corrected chi connectivity index (χ0v) is 11.0. The van der Waals surface area contributed by atoms with Gasteiger partial charge in [-0.3, -0.25) is 4.79 Å².